The maximum Gasteiger partial charge on any atom is 0.223 e. The Bertz CT molecular complexity index is 290. The van der Waals surface area contributed by atoms with E-state index in [4.69, 9.17) is 18.0 Å². The van der Waals surface area contributed by atoms with Gasteiger partial charge in [-0.05, 0) is 19.9 Å². The third-order valence-electron chi connectivity index (χ3n) is 3.75. The van der Waals surface area contributed by atoms with Gasteiger partial charge in [0.25, 0.3) is 0 Å². The van der Waals surface area contributed by atoms with Gasteiger partial charge in [0.1, 0.15) is 0 Å². The minimum absolute atomic E-state index is 0.177. The van der Waals surface area contributed by atoms with Crippen molar-refractivity contribution in [1.29, 1.82) is 0 Å². The van der Waals surface area contributed by atoms with Gasteiger partial charge >= 0.3 is 0 Å². The molecule has 0 spiro atoms. The molecule has 0 aromatic heterocycles. The second-order valence-electron chi connectivity index (χ2n) is 5.20. The smallest absolute Gasteiger partial charge is 0.223 e. The number of nitrogens with zero attached hydrogens (tertiary/aromatic N) is 2. The van der Waals surface area contributed by atoms with Gasteiger partial charge in [0, 0.05) is 39.0 Å². The monoisotopic (exact) mass is 271 g/mol. The molecule has 4 nitrogen and oxygen atoms in total. The molecule has 0 bridgehead atoms. The number of thiocarbonyl (C=S) groups is 1. The number of hydrogen-bond donors (Lipinski definition) is 1. The van der Waals surface area contributed by atoms with Crippen LogP contribution < -0.4 is 5.73 Å². The van der Waals surface area contributed by atoms with Crippen LogP contribution in [0.3, 0.4) is 0 Å². The fourth-order valence-corrected chi connectivity index (χ4v) is 2.48. The number of carbonyl (C=O) groups excluding carboxylic acids is 1. The van der Waals surface area contributed by atoms with Gasteiger partial charge in [-0.15, -0.1) is 0 Å². The van der Waals surface area contributed by atoms with Gasteiger partial charge in [-0.2, -0.15) is 0 Å². The van der Waals surface area contributed by atoms with Crippen molar-refractivity contribution in [1.82, 2.24) is 9.80 Å². The molecule has 1 fully saturated rings. The molecule has 104 valence electrons. The van der Waals surface area contributed by atoms with E-state index in [-0.39, 0.29) is 5.91 Å². The standard InChI is InChI=1S/C13H25N3OS/c1-15(11-5-3-4-6-11)10-8-13(17)16(2)9-7-12(14)18/h11H,3-10H2,1-2H3,(H2,14,18). The molecule has 0 heterocycles. The average Bonchev–Trinajstić information content (AvgIpc) is 2.86. The molecular weight excluding hydrogens is 246 g/mol. The maximum atomic E-state index is 11.9. The SMILES string of the molecule is CN(CCC(N)=S)C(=O)CCN(C)C1CCCC1. The van der Waals surface area contributed by atoms with Crippen LogP contribution >= 0.6 is 12.2 Å². The summed E-state index contributed by atoms with van der Waals surface area (Å²) >= 11 is 4.81. The second-order valence-corrected chi connectivity index (χ2v) is 5.72. The number of carbonyl (C=O) groups is 1. The molecule has 0 aliphatic heterocycles. The van der Waals surface area contributed by atoms with Crippen molar-refractivity contribution in [2.24, 2.45) is 5.73 Å². The first-order chi connectivity index (χ1) is 8.50. The molecule has 0 aromatic carbocycles. The molecule has 2 N–H and O–H groups in total. The molecule has 5 heteroatoms. The van der Waals surface area contributed by atoms with Gasteiger partial charge in [-0.1, -0.05) is 25.1 Å². The predicted octanol–water partition coefficient (Wildman–Crippen LogP) is 1.39. The lowest BCUT2D eigenvalue weighted by Gasteiger charge is -2.25. The van der Waals surface area contributed by atoms with Gasteiger partial charge in [0.2, 0.25) is 5.91 Å². The van der Waals surface area contributed by atoms with Crippen LogP contribution in [0.1, 0.15) is 38.5 Å². The first-order valence-corrected chi connectivity index (χ1v) is 7.14. The Labute approximate surface area is 115 Å². The van der Waals surface area contributed by atoms with E-state index >= 15 is 0 Å². The minimum Gasteiger partial charge on any atom is -0.393 e. The Morgan fingerprint density at radius 2 is 1.83 bits per heavy atom. The summed E-state index contributed by atoms with van der Waals surface area (Å²) in [6.45, 7) is 1.47. The summed E-state index contributed by atoms with van der Waals surface area (Å²) in [5, 5.41) is 0. The quantitative estimate of drug-likeness (QED) is 0.711. The molecule has 1 aliphatic carbocycles. The highest BCUT2D eigenvalue weighted by atomic mass is 32.1. The van der Waals surface area contributed by atoms with E-state index in [1.54, 1.807) is 4.90 Å². The largest absolute Gasteiger partial charge is 0.393 e. The molecule has 1 saturated carbocycles. The van der Waals surface area contributed by atoms with E-state index in [0.717, 1.165) is 6.54 Å². The van der Waals surface area contributed by atoms with Gasteiger partial charge in [0.05, 0.1) is 4.99 Å². The van der Waals surface area contributed by atoms with E-state index in [9.17, 15) is 4.79 Å². The van der Waals surface area contributed by atoms with Crippen molar-refractivity contribution in [3.63, 3.8) is 0 Å². The topological polar surface area (TPSA) is 49.6 Å². The van der Waals surface area contributed by atoms with Crippen molar-refractivity contribution in [3.05, 3.63) is 0 Å². The Morgan fingerprint density at radius 1 is 1.22 bits per heavy atom. The highest BCUT2D eigenvalue weighted by molar-refractivity contribution is 7.80. The lowest BCUT2D eigenvalue weighted by molar-refractivity contribution is -0.130. The highest BCUT2D eigenvalue weighted by Crippen LogP contribution is 2.22. The van der Waals surface area contributed by atoms with E-state index < -0.39 is 0 Å². The Kier molecular flexibility index (Phi) is 6.57. The van der Waals surface area contributed by atoms with E-state index in [0.29, 0.717) is 30.4 Å². The zero-order valence-electron chi connectivity index (χ0n) is 11.5. The van der Waals surface area contributed by atoms with E-state index in [1.807, 2.05) is 7.05 Å². The molecule has 0 atom stereocenters. The number of amides is 1. The third-order valence-corrected chi connectivity index (χ3v) is 3.95. The second kappa shape index (κ2) is 7.69. The zero-order chi connectivity index (χ0) is 13.5. The number of rotatable bonds is 7. The minimum atomic E-state index is 0.177. The molecular formula is C13H25N3OS. The lowest BCUT2D eigenvalue weighted by Crippen LogP contribution is -2.35. The van der Waals surface area contributed by atoms with Crippen molar-refractivity contribution >= 4 is 23.1 Å². The molecule has 0 saturated heterocycles. The van der Waals surface area contributed by atoms with Crippen molar-refractivity contribution in [3.8, 4) is 0 Å². The van der Waals surface area contributed by atoms with Crippen LogP contribution in [0.2, 0.25) is 0 Å². The number of nitrogens with two attached hydrogens (primary N) is 1. The highest BCUT2D eigenvalue weighted by Gasteiger charge is 2.20. The van der Waals surface area contributed by atoms with Gasteiger partial charge in [-0.25, -0.2) is 0 Å². The van der Waals surface area contributed by atoms with E-state index in [2.05, 4.69) is 11.9 Å². The number of hydrogen-bond acceptors (Lipinski definition) is 3. The molecule has 18 heavy (non-hydrogen) atoms. The van der Waals surface area contributed by atoms with Crippen LogP contribution in [0, 0.1) is 0 Å². The molecule has 1 amide bonds. The zero-order valence-corrected chi connectivity index (χ0v) is 12.3. The average molecular weight is 271 g/mol. The summed E-state index contributed by atoms with van der Waals surface area (Å²) in [6, 6.07) is 0.680. The fraction of sp³-hybridized carbons (Fsp3) is 0.846. The molecule has 1 aliphatic rings. The van der Waals surface area contributed by atoms with Gasteiger partial charge < -0.3 is 15.5 Å². The van der Waals surface area contributed by atoms with Crippen molar-refractivity contribution < 1.29 is 4.79 Å². The summed E-state index contributed by atoms with van der Waals surface area (Å²) in [4.78, 5) is 16.4. The first kappa shape index (κ1) is 15.4. The van der Waals surface area contributed by atoms with Gasteiger partial charge in [-0.3, -0.25) is 4.79 Å². The van der Waals surface area contributed by atoms with Crippen molar-refractivity contribution in [2.45, 2.75) is 44.6 Å². The third kappa shape index (κ3) is 5.31. The van der Waals surface area contributed by atoms with Crippen LogP contribution in [0.25, 0.3) is 0 Å². The fourth-order valence-electron chi connectivity index (χ4n) is 2.39. The molecule has 0 aromatic rings. The molecule has 0 unspecified atom stereocenters. The van der Waals surface area contributed by atoms with Crippen LogP contribution in [-0.4, -0.2) is 53.9 Å². The Hall–Kier alpha value is -0.680. The van der Waals surface area contributed by atoms with Crippen molar-refractivity contribution in [2.75, 3.05) is 27.2 Å². The summed E-state index contributed by atoms with van der Waals surface area (Å²) < 4.78 is 0. The Balaban J connectivity index is 2.20. The maximum absolute atomic E-state index is 11.9. The van der Waals surface area contributed by atoms with E-state index in [1.165, 1.54) is 25.7 Å². The summed E-state index contributed by atoms with van der Waals surface area (Å²) in [5.74, 6) is 0.177. The summed E-state index contributed by atoms with van der Waals surface area (Å²) in [7, 11) is 3.94. The van der Waals surface area contributed by atoms with Crippen LogP contribution in [0.4, 0.5) is 0 Å². The van der Waals surface area contributed by atoms with Gasteiger partial charge in [0.15, 0.2) is 0 Å². The summed E-state index contributed by atoms with van der Waals surface area (Å²) in [6.07, 6.45) is 6.41. The van der Waals surface area contributed by atoms with Crippen LogP contribution in [-0.2, 0) is 4.79 Å². The first-order valence-electron chi connectivity index (χ1n) is 6.73. The lowest BCUT2D eigenvalue weighted by atomic mass is 10.2. The Morgan fingerprint density at radius 3 is 2.39 bits per heavy atom. The summed E-state index contributed by atoms with van der Waals surface area (Å²) in [5.41, 5.74) is 5.43. The van der Waals surface area contributed by atoms with Crippen LogP contribution in [0.15, 0.2) is 0 Å². The normalized spacial score (nSPS) is 16.2. The predicted molar refractivity (Wildman–Crippen MR) is 78.5 cm³/mol. The molecule has 1 rings (SSSR count). The molecule has 0 radical (unpaired) electrons. The van der Waals surface area contributed by atoms with Crippen LogP contribution in [0.5, 0.6) is 0 Å².